The molecule has 94 valence electrons. The molecule has 0 aliphatic carbocycles. The fourth-order valence-corrected chi connectivity index (χ4v) is 1.62. The van der Waals surface area contributed by atoms with Crippen LogP contribution in [0.1, 0.15) is 25.0 Å². The highest BCUT2D eigenvalue weighted by molar-refractivity contribution is 6.23. The summed E-state index contributed by atoms with van der Waals surface area (Å²) in [5.74, 6) is 0. The third-order valence-corrected chi connectivity index (χ3v) is 2.39. The fraction of sp³-hybridized carbons (Fsp3) is 0.333. The molecule has 0 radical (unpaired) electrons. The van der Waals surface area contributed by atoms with Crippen LogP contribution in [0.4, 0.5) is 0 Å². The van der Waals surface area contributed by atoms with Crippen LogP contribution < -0.4 is 5.73 Å². The van der Waals surface area contributed by atoms with E-state index < -0.39 is 0 Å². The molecule has 0 saturated heterocycles. The number of rotatable bonds is 4. The van der Waals surface area contributed by atoms with Gasteiger partial charge in [-0.15, -0.1) is 24.8 Å². The summed E-state index contributed by atoms with van der Waals surface area (Å²) in [6.45, 7) is 11.7. The Labute approximate surface area is 110 Å². The highest BCUT2D eigenvalue weighted by atomic mass is 35.5. The van der Waals surface area contributed by atoms with Gasteiger partial charge in [-0.3, -0.25) is 0 Å². The Balaban J connectivity index is 0.000000557. The van der Waals surface area contributed by atoms with E-state index in [9.17, 15) is 0 Å². The molecule has 0 amide bonds. The standard InChI is InChI=1S/C12H15Cl.C3H7N/c1-4-7-10-8-5-6-9-11(10)12(2,3)13;1-2-3-4/h4-6,8-9H,1,7H2,2-3H3;2H,1,3-4H2. The van der Waals surface area contributed by atoms with Gasteiger partial charge in [-0.2, -0.15) is 0 Å². The lowest BCUT2D eigenvalue weighted by Crippen LogP contribution is -2.10. The van der Waals surface area contributed by atoms with Crippen LogP contribution in [0.25, 0.3) is 0 Å². The number of hydrogen-bond acceptors (Lipinski definition) is 1. The Hall–Kier alpha value is -1.05. The lowest BCUT2D eigenvalue weighted by atomic mass is 9.95. The van der Waals surface area contributed by atoms with Crippen molar-refractivity contribution in [1.82, 2.24) is 0 Å². The molecule has 0 bridgehead atoms. The Kier molecular flexibility index (Phi) is 7.60. The normalized spacial score (nSPS) is 10.1. The molecule has 0 aliphatic heterocycles. The van der Waals surface area contributed by atoms with Crippen molar-refractivity contribution in [3.8, 4) is 0 Å². The van der Waals surface area contributed by atoms with Gasteiger partial charge in [-0.1, -0.05) is 36.4 Å². The van der Waals surface area contributed by atoms with Crippen LogP contribution in [0, 0.1) is 0 Å². The van der Waals surface area contributed by atoms with E-state index in [4.69, 9.17) is 17.3 Å². The van der Waals surface area contributed by atoms with Gasteiger partial charge in [0, 0.05) is 6.54 Å². The molecule has 2 heteroatoms. The van der Waals surface area contributed by atoms with Crippen molar-refractivity contribution in [2.45, 2.75) is 25.1 Å². The number of allylic oxidation sites excluding steroid dienone is 1. The van der Waals surface area contributed by atoms with E-state index in [2.05, 4.69) is 25.3 Å². The SMILES string of the molecule is C=CCN.C=CCc1ccccc1C(C)(C)Cl. The van der Waals surface area contributed by atoms with Crippen LogP contribution in [0.15, 0.2) is 49.6 Å². The minimum absolute atomic E-state index is 0.292. The van der Waals surface area contributed by atoms with Gasteiger partial charge in [0.05, 0.1) is 4.87 Å². The molecule has 1 aromatic carbocycles. The zero-order valence-electron chi connectivity index (χ0n) is 10.7. The third-order valence-electron chi connectivity index (χ3n) is 2.19. The van der Waals surface area contributed by atoms with Gasteiger partial charge in [-0.05, 0) is 31.4 Å². The van der Waals surface area contributed by atoms with E-state index in [1.54, 1.807) is 6.08 Å². The molecule has 2 N–H and O–H groups in total. The van der Waals surface area contributed by atoms with Gasteiger partial charge in [-0.25, -0.2) is 0 Å². The van der Waals surface area contributed by atoms with Crippen molar-refractivity contribution in [2.24, 2.45) is 5.73 Å². The van der Waals surface area contributed by atoms with Crippen LogP contribution >= 0.6 is 11.6 Å². The summed E-state index contributed by atoms with van der Waals surface area (Å²) in [4.78, 5) is -0.292. The number of hydrogen-bond donors (Lipinski definition) is 1. The fourth-order valence-electron chi connectivity index (χ4n) is 1.43. The van der Waals surface area contributed by atoms with E-state index in [1.807, 2.05) is 32.1 Å². The van der Waals surface area contributed by atoms with Gasteiger partial charge in [0.15, 0.2) is 0 Å². The van der Waals surface area contributed by atoms with E-state index in [0.717, 1.165) is 6.42 Å². The molecule has 0 atom stereocenters. The lowest BCUT2D eigenvalue weighted by molar-refractivity contribution is 0.755. The predicted octanol–water partition coefficient (Wildman–Crippen LogP) is 4.02. The van der Waals surface area contributed by atoms with Gasteiger partial charge >= 0.3 is 0 Å². The Bertz CT molecular complexity index is 350. The Morgan fingerprint density at radius 3 is 2.18 bits per heavy atom. The van der Waals surface area contributed by atoms with Crippen molar-refractivity contribution in [3.05, 3.63) is 60.7 Å². The first kappa shape index (κ1) is 16.0. The summed E-state index contributed by atoms with van der Waals surface area (Å²) in [5.41, 5.74) is 7.36. The highest BCUT2D eigenvalue weighted by Gasteiger charge is 2.18. The minimum atomic E-state index is -0.292. The number of nitrogens with two attached hydrogens (primary N) is 1. The minimum Gasteiger partial charge on any atom is -0.327 e. The molecule has 17 heavy (non-hydrogen) atoms. The van der Waals surface area contributed by atoms with Crippen LogP contribution in [0.2, 0.25) is 0 Å². The van der Waals surface area contributed by atoms with E-state index in [-0.39, 0.29) is 4.87 Å². The van der Waals surface area contributed by atoms with Crippen molar-refractivity contribution >= 4 is 11.6 Å². The van der Waals surface area contributed by atoms with Crippen LogP contribution in [0.3, 0.4) is 0 Å². The van der Waals surface area contributed by atoms with Gasteiger partial charge in [0.25, 0.3) is 0 Å². The van der Waals surface area contributed by atoms with Gasteiger partial charge in [0.1, 0.15) is 0 Å². The summed E-state index contributed by atoms with van der Waals surface area (Å²) < 4.78 is 0. The van der Waals surface area contributed by atoms with Crippen molar-refractivity contribution < 1.29 is 0 Å². The second kappa shape index (κ2) is 8.10. The number of halogens is 1. The van der Waals surface area contributed by atoms with Gasteiger partial charge < -0.3 is 5.73 Å². The molecule has 1 aromatic rings. The van der Waals surface area contributed by atoms with Crippen molar-refractivity contribution in [2.75, 3.05) is 6.54 Å². The maximum Gasteiger partial charge on any atom is 0.0641 e. The molecule has 0 spiro atoms. The van der Waals surface area contributed by atoms with Crippen LogP contribution in [-0.4, -0.2) is 6.54 Å². The second-order valence-corrected chi connectivity index (χ2v) is 5.09. The number of benzene rings is 1. The highest BCUT2D eigenvalue weighted by Crippen LogP contribution is 2.30. The summed E-state index contributed by atoms with van der Waals surface area (Å²) in [6.07, 6.45) is 4.44. The first-order valence-corrected chi connectivity index (χ1v) is 6.04. The van der Waals surface area contributed by atoms with Crippen molar-refractivity contribution in [1.29, 1.82) is 0 Å². The molecule has 0 saturated carbocycles. The van der Waals surface area contributed by atoms with Crippen LogP contribution in [0.5, 0.6) is 0 Å². The molecular weight excluding hydrogens is 230 g/mol. The maximum atomic E-state index is 6.27. The summed E-state index contributed by atoms with van der Waals surface area (Å²) in [5, 5.41) is 0. The van der Waals surface area contributed by atoms with E-state index in [0.29, 0.717) is 6.54 Å². The quantitative estimate of drug-likeness (QED) is 0.635. The summed E-state index contributed by atoms with van der Waals surface area (Å²) in [7, 11) is 0. The smallest absolute Gasteiger partial charge is 0.0641 e. The monoisotopic (exact) mass is 251 g/mol. The first-order valence-electron chi connectivity index (χ1n) is 5.66. The summed E-state index contributed by atoms with van der Waals surface area (Å²) in [6, 6.07) is 8.23. The third kappa shape index (κ3) is 6.30. The average molecular weight is 252 g/mol. The average Bonchev–Trinajstić information content (AvgIpc) is 2.29. The number of alkyl halides is 1. The van der Waals surface area contributed by atoms with Crippen molar-refractivity contribution in [3.63, 3.8) is 0 Å². The van der Waals surface area contributed by atoms with Gasteiger partial charge in [0.2, 0.25) is 0 Å². The van der Waals surface area contributed by atoms with Crippen LogP contribution in [-0.2, 0) is 11.3 Å². The zero-order valence-corrected chi connectivity index (χ0v) is 11.5. The molecule has 0 aromatic heterocycles. The predicted molar refractivity (Wildman–Crippen MR) is 78.5 cm³/mol. The largest absolute Gasteiger partial charge is 0.327 e. The molecular formula is C15H22ClN. The summed E-state index contributed by atoms with van der Waals surface area (Å²) >= 11 is 6.27. The first-order chi connectivity index (χ1) is 7.97. The lowest BCUT2D eigenvalue weighted by Gasteiger charge is -2.19. The molecule has 0 aliphatic rings. The molecule has 0 heterocycles. The van der Waals surface area contributed by atoms with E-state index >= 15 is 0 Å². The Morgan fingerprint density at radius 1 is 1.24 bits per heavy atom. The molecule has 0 unspecified atom stereocenters. The Morgan fingerprint density at radius 2 is 1.76 bits per heavy atom. The molecule has 0 fully saturated rings. The zero-order chi connectivity index (χ0) is 13.3. The van der Waals surface area contributed by atoms with E-state index in [1.165, 1.54) is 11.1 Å². The molecule has 1 nitrogen and oxygen atoms in total. The topological polar surface area (TPSA) is 26.0 Å². The maximum absolute atomic E-state index is 6.27. The second-order valence-electron chi connectivity index (χ2n) is 4.15. The molecule has 1 rings (SSSR count).